The molecule has 0 bridgehead atoms. The molecule has 1 aliphatic heterocycles. The molecule has 4 amide bonds. The highest BCUT2D eigenvalue weighted by atomic mass is 16.6. The van der Waals surface area contributed by atoms with E-state index in [4.69, 9.17) is 9.47 Å². The topological polar surface area (TPSA) is 138 Å². The standard InChI is InChI=1S/C47H62N4O7/c1-31(2)24-39-30-50(42(53)40(48-44(55)57-46(3,4)5)27-32-19-21-34-14-9-11-16-36(34)25-32)38(18-13-23-52)29-51(39)43(54)41(49-45(56)58-47(6,7)8)28-33-20-22-35-15-10-12-17-37(35)26-33/h9-12,14-17,19-22,25-26,31,38-41,52H,13,18,23-24,27-30H2,1-8H3,(H,48,55)(H,49,56)/t38-,39+,40+,41+/m0/s1. The Labute approximate surface area is 343 Å². The molecule has 0 aromatic heterocycles. The summed E-state index contributed by atoms with van der Waals surface area (Å²) in [7, 11) is 0. The maximum atomic E-state index is 14.9. The van der Waals surface area contributed by atoms with Crippen molar-refractivity contribution in [2.24, 2.45) is 5.92 Å². The van der Waals surface area contributed by atoms with Crippen molar-refractivity contribution in [3.8, 4) is 0 Å². The number of ether oxygens (including phenoxy) is 2. The molecule has 312 valence electrons. The van der Waals surface area contributed by atoms with Crippen molar-refractivity contribution in [2.75, 3.05) is 19.7 Å². The number of amides is 4. The summed E-state index contributed by atoms with van der Waals surface area (Å²) < 4.78 is 11.3. The summed E-state index contributed by atoms with van der Waals surface area (Å²) in [5.41, 5.74) is 0.190. The first kappa shape index (κ1) is 44.0. The zero-order valence-corrected chi connectivity index (χ0v) is 35.4. The van der Waals surface area contributed by atoms with Crippen molar-refractivity contribution in [3.63, 3.8) is 0 Å². The van der Waals surface area contributed by atoms with Gasteiger partial charge < -0.3 is 35.0 Å². The van der Waals surface area contributed by atoms with Crippen LogP contribution in [0.25, 0.3) is 21.5 Å². The Hall–Kier alpha value is -5.16. The van der Waals surface area contributed by atoms with Crippen LogP contribution in [0, 0.1) is 5.92 Å². The number of carbonyl (C=O) groups excluding carboxylic acids is 4. The van der Waals surface area contributed by atoms with E-state index in [0.29, 0.717) is 19.3 Å². The van der Waals surface area contributed by atoms with Gasteiger partial charge in [-0.1, -0.05) is 98.8 Å². The van der Waals surface area contributed by atoms with Gasteiger partial charge in [-0.15, -0.1) is 0 Å². The van der Waals surface area contributed by atoms with Crippen LogP contribution >= 0.6 is 0 Å². The highest BCUT2D eigenvalue weighted by Crippen LogP contribution is 2.27. The third-order valence-electron chi connectivity index (χ3n) is 10.2. The second-order valence-electron chi connectivity index (χ2n) is 18.0. The van der Waals surface area contributed by atoms with Gasteiger partial charge in [-0.2, -0.15) is 0 Å². The summed E-state index contributed by atoms with van der Waals surface area (Å²) in [6, 6.07) is 25.2. The van der Waals surface area contributed by atoms with Gasteiger partial charge in [-0.05, 0) is 99.4 Å². The van der Waals surface area contributed by atoms with E-state index in [-0.39, 0.29) is 50.3 Å². The Kier molecular flexibility index (Phi) is 14.4. The van der Waals surface area contributed by atoms with Crippen molar-refractivity contribution in [3.05, 3.63) is 96.1 Å². The number of carbonyl (C=O) groups is 4. The molecule has 1 aliphatic rings. The second-order valence-corrected chi connectivity index (χ2v) is 18.0. The maximum Gasteiger partial charge on any atom is 0.408 e. The molecule has 5 rings (SSSR count). The molecule has 0 unspecified atom stereocenters. The maximum absolute atomic E-state index is 14.9. The Morgan fingerprint density at radius 1 is 0.655 bits per heavy atom. The molecular weight excluding hydrogens is 733 g/mol. The number of aliphatic hydroxyl groups is 1. The minimum absolute atomic E-state index is 0.0939. The lowest BCUT2D eigenvalue weighted by molar-refractivity contribution is -0.150. The van der Waals surface area contributed by atoms with E-state index in [1.54, 1.807) is 46.4 Å². The first-order valence-electron chi connectivity index (χ1n) is 20.6. The van der Waals surface area contributed by atoms with E-state index in [2.05, 4.69) is 24.5 Å². The summed E-state index contributed by atoms with van der Waals surface area (Å²) in [5, 5.41) is 19.9. The Balaban J connectivity index is 1.48. The third kappa shape index (κ3) is 12.4. The first-order chi connectivity index (χ1) is 27.4. The summed E-state index contributed by atoms with van der Waals surface area (Å²) in [6.07, 6.45) is 0.467. The zero-order chi connectivity index (χ0) is 42.2. The molecular formula is C47H62N4O7. The smallest absolute Gasteiger partial charge is 0.408 e. The number of benzene rings is 4. The van der Waals surface area contributed by atoms with Crippen LogP contribution in [0.2, 0.25) is 0 Å². The monoisotopic (exact) mass is 794 g/mol. The highest BCUT2D eigenvalue weighted by molar-refractivity contribution is 5.90. The number of aliphatic hydroxyl groups excluding tert-OH is 1. The van der Waals surface area contributed by atoms with Crippen molar-refractivity contribution in [1.82, 2.24) is 20.4 Å². The Bertz CT molecular complexity index is 2050. The van der Waals surface area contributed by atoms with Gasteiger partial charge >= 0.3 is 12.2 Å². The summed E-state index contributed by atoms with van der Waals surface area (Å²) in [6.45, 7) is 15.1. The van der Waals surface area contributed by atoms with Crippen molar-refractivity contribution < 1.29 is 33.8 Å². The number of hydrogen-bond donors (Lipinski definition) is 3. The van der Waals surface area contributed by atoms with Crippen molar-refractivity contribution in [2.45, 2.75) is 123 Å². The lowest BCUT2D eigenvalue weighted by Gasteiger charge is -2.48. The van der Waals surface area contributed by atoms with Crippen LogP contribution in [0.3, 0.4) is 0 Å². The molecule has 11 heteroatoms. The van der Waals surface area contributed by atoms with E-state index in [9.17, 15) is 24.3 Å². The van der Waals surface area contributed by atoms with Gasteiger partial charge in [0, 0.05) is 44.6 Å². The number of rotatable bonds is 13. The zero-order valence-electron chi connectivity index (χ0n) is 35.4. The van der Waals surface area contributed by atoms with Crippen LogP contribution in [0.1, 0.15) is 85.8 Å². The molecule has 4 aromatic carbocycles. The number of alkyl carbamates (subject to hydrolysis) is 2. The molecule has 1 saturated heterocycles. The average Bonchev–Trinajstić information content (AvgIpc) is 3.14. The Morgan fingerprint density at radius 3 is 1.48 bits per heavy atom. The van der Waals surface area contributed by atoms with Crippen LogP contribution in [-0.4, -0.2) is 94.0 Å². The third-order valence-corrected chi connectivity index (χ3v) is 10.2. The summed E-state index contributed by atoms with van der Waals surface area (Å²) in [4.78, 5) is 60.1. The van der Waals surface area contributed by atoms with Gasteiger partial charge in [0.25, 0.3) is 0 Å². The van der Waals surface area contributed by atoms with E-state index in [1.165, 1.54) is 0 Å². The van der Waals surface area contributed by atoms with Gasteiger partial charge in [-0.25, -0.2) is 9.59 Å². The predicted octanol–water partition coefficient (Wildman–Crippen LogP) is 7.79. The lowest BCUT2D eigenvalue weighted by Crippen LogP contribution is -2.66. The fraction of sp³-hybridized carbons (Fsp3) is 0.489. The average molecular weight is 795 g/mol. The molecule has 58 heavy (non-hydrogen) atoms. The van der Waals surface area contributed by atoms with E-state index >= 15 is 0 Å². The SMILES string of the molecule is CC(C)C[C@@H]1CN(C(=O)[C@@H](Cc2ccc3ccccc3c2)NC(=O)OC(C)(C)C)[C@@H](CCCO)CN1C(=O)[C@@H](Cc1ccc2ccccc2c1)NC(=O)OC(C)(C)C. The molecule has 1 fully saturated rings. The lowest BCUT2D eigenvalue weighted by atomic mass is 9.92. The van der Waals surface area contributed by atoms with Gasteiger partial charge in [0.2, 0.25) is 11.8 Å². The van der Waals surface area contributed by atoms with E-state index in [1.807, 2.05) is 89.8 Å². The molecule has 0 saturated carbocycles. The number of fused-ring (bicyclic) bond motifs is 2. The molecule has 3 N–H and O–H groups in total. The van der Waals surface area contributed by atoms with Crippen LogP contribution in [0.15, 0.2) is 84.9 Å². The van der Waals surface area contributed by atoms with Gasteiger partial charge in [0.05, 0.1) is 0 Å². The van der Waals surface area contributed by atoms with Crippen molar-refractivity contribution in [1.29, 1.82) is 0 Å². The fourth-order valence-electron chi connectivity index (χ4n) is 7.71. The predicted molar refractivity (Wildman–Crippen MR) is 228 cm³/mol. The minimum Gasteiger partial charge on any atom is -0.444 e. The Morgan fingerprint density at radius 2 is 1.07 bits per heavy atom. The van der Waals surface area contributed by atoms with Gasteiger partial charge in [-0.3, -0.25) is 9.59 Å². The fourth-order valence-corrected chi connectivity index (χ4v) is 7.71. The number of nitrogens with one attached hydrogen (secondary N) is 2. The molecule has 0 spiro atoms. The molecule has 4 aromatic rings. The van der Waals surface area contributed by atoms with Crippen LogP contribution in [0.4, 0.5) is 9.59 Å². The molecule has 11 nitrogen and oxygen atoms in total. The minimum atomic E-state index is -0.968. The normalized spacial score (nSPS) is 17.2. The first-order valence-corrected chi connectivity index (χ1v) is 20.6. The largest absolute Gasteiger partial charge is 0.444 e. The number of nitrogens with zero attached hydrogens (tertiary/aromatic N) is 2. The van der Waals surface area contributed by atoms with Crippen molar-refractivity contribution >= 4 is 45.5 Å². The second kappa shape index (κ2) is 19.1. The van der Waals surface area contributed by atoms with Crippen LogP contribution in [-0.2, 0) is 31.9 Å². The molecule has 4 atom stereocenters. The number of hydrogen-bond acceptors (Lipinski definition) is 7. The molecule has 1 heterocycles. The summed E-state index contributed by atoms with van der Waals surface area (Å²) in [5.74, 6) is -0.398. The quantitative estimate of drug-likeness (QED) is 0.126. The van der Waals surface area contributed by atoms with E-state index in [0.717, 1.165) is 32.7 Å². The highest BCUT2D eigenvalue weighted by Gasteiger charge is 2.43. The van der Waals surface area contributed by atoms with Crippen LogP contribution in [0.5, 0.6) is 0 Å². The van der Waals surface area contributed by atoms with Gasteiger partial charge in [0.15, 0.2) is 0 Å². The van der Waals surface area contributed by atoms with Gasteiger partial charge in [0.1, 0.15) is 23.3 Å². The molecule has 0 radical (unpaired) electrons. The summed E-state index contributed by atoms with van der Waals surface area (Å²) >= 11 is 0. The number of piperazine rings is 1. The van der Waals surface area contributed by atoms with Crippen LogP contribution < -0.4 is 10.6 Å². The van der Waals surface area contributed by atoms with E-state index < -0.39 is 47.6 Å². The molecule has 0 aliphatic carbocycles.